The van der Waals surface area contributed by atoms with Crippen molar-refractivity contribution in [3.8, 4) is 17.2 Å². The molecule has 1 aliphatic heterocycles. The molecule has 0 radical (unpaired) electrons. The Morgan fingerprint density at radius 1 is 1.00 bits per heavy atom. The number of amides is 3. The van der Waals surface area contributed by atoms with E-state index in [1.54, 1.807) is 50.4 Å². The van der Waals surface area contributed by atoms with Crippen molar-refractivity contribution in [2.24, 2.45) is 0 Å². The quantitative estimate of drug-likeness (QED) is 0.541. The lowest BCUT2D eigenvalue weighted by Crippen LogP contribution is -2.42. The Hall–Kier alpha value is -3.55. The van der Waals surface area contributed by atoms with Crippen molar-refractivity contribution in [3.05, 3.63) is 53.6 Å². The van der Waals surface area contributed by atoms with E-state index in [4.69, 9.17) is 14.2 Å². The first kappa shape index (κ1) is 24.1. The van der Waals surface area contributed by atoms with Crippen LogP contribution in [0.2, 0.25) is 0 Å². The molecule has 1 atom stereocenters. The molecule has 1 fully saturated rings. The third-order valence-corrected chi connectivity index (χ3v) is 6.23. The summed E-state index contributed by atoms with van der Waals surface area (Å²) in [7, 11) is 7.81. The Kier molecular flexibility index (Phi) is 7.26. The van der Waals surface area contributed by atoms with Crippen LogP contribution in [0.3, 0.4) is 0 Å². The first-order valence-corrected chi connectivity index (χ1v) is 10.7. The van der Waals surface area contributed by atoms with Gasteiger partial charge in [-0.1, -0.05) is 24.3 Å². The molecule has 3 rings (SSSR count). The minimum Gasteiger partial charge on any atom is -0.496 e. The Morgan fingerprint density at radius 2 is 1.67 bits per heavy atom. The van der Waals surface area contributed by atoms with Gasteiger partial charge in [-0.25, -0.2) is 0 Å². The molecule has 1 aliphatic rings. The summed E-state index contributed by atoms with van der Waals surface area (Å²) in [5.74, 6) is 0.813. The molecular weight excluding hydrogens is 424 g/mol. The molecule has 0 saturated carbocycles. The highest BCUT2D eigenvalue weighted by Crippen LogP contribution is 2.43. The Labute approximate surface area is 194 Å². The zero-order valence-corrected chi connectivity index (χ0v) is 19.7. The van der Waals surface area contributed by atoms with Crippen molar-refractivity contribution in [2.75, 3.05) is 42.0 Å². The summed E-state index contributed by atoms with van der Waals surface area (Å²) in [4.78, 5) is 41.6. The van der Waals surface area contributed by atoms with Gasteiger partial charge in [0.1, 0.15) is 5.75 Å². The van der Waals surface area contributed by atoms with E-state index in [9.17, 15) is 14.4 Å². The van der Waals surface area contributed by atoms with Gasteiger partial charge in [-0.3, -0.25) is 19.3 Å². The number of imide groups is 1. The Bertz CT molecular complexity index is 1050. The van der Waals surface area contributed by atoms with Gasteiger partial charge in [-0.15, -0.1) is 0 Å². The molecule has 1 saturated heterocycles. The van der Waals surface area contributed by atoms with Gasteiger partial charge in [-0.2, -0.15) is 0 Å². The van der Waals surface area contributed by atoms with E-state index >= 15 is 0 Å². The van der Waals surface area contributed by atoms with Crippen molar-refractivity contribution in [2.45, 2.75) is 24.7 Å². The lowest BCUT2D eigenvalue weighted by Gasteiger charge is -2.30. The van der Waals surface area contributed by atoms with Crippen molar-refractivity contribution in [1.82, 2.24) is 9.80 Å². The molecule has 3 amide bonds. The third kappa shape index (κ3) is 4.65. The maximum atomic E-state index is 13.2. The van der Waals surface area contributed by atoms with E-state index in [1.807, 2.05) is 18.2 Å². The molecule has 2 aromatic carbocycles. The standard InChI is InChI=1S/C25H30N2O6/c1-26(13-12-17-10-11-20(32-4)21(14-17)33-5)22(28)15-25(16-23(29)27(2)24(25)30)18-8-6-7-9-19(18)31-3/h6-11,14H,12-13,15-16H2,1-5H3. The van der Waals surface area contributed by atoms with Gasteiger partial charge in [-0.05, 0) is 30.2 Å². The molecule has 8 nitrogen and oxygen atoms in total. The molecule has 1 heterocycles. The molecule has 0 spiro atoms. The third-order valence-electron chi connectivity index (χ3n) is 6.23. The summed E-state index contributed by atoms with van der Waals surface area (Å²) < 4.78 is 16.1. The predicted molar refractivity (Wildman–Crippen MR) is 123 cm³/mol. The van der Waals surface area contributed by atoms with Gasteiger partial charge < -0.3 is 19.1 Å². The summed E-state index contributed by atoms with van der Waals surface area (Å²) >= 11 is 0. The van der Waals surface area contributed by atoms with Crippen molar-refractivity contribution in [3.63, 3.8) is 0 Å². The zero-order chi connectivity index (χ0) is 24.2. The SMILES string of the molecule is COc1ccc(CCN(C)C(=O)CC2(c3ccccc3OC)CC(=O)N(C)C2=O)cc1OC. The lowest BCUT2D eigenvalue weighted by atomic mass is 9.75. The van der Waals surface area contributed by atoms with Gasteiger partial charge in [0, 0.05) is 39.0 Å². The first-order chi connectivity index (χ1) is 15.8. The highest BCUT2D eigenvalue weighted by Gasteiger charge is 2.54. The highest BCUT2D eigenvalue weighted by molar-refractivity contribution is 6.10. The molecular formula is C25H30N2O6. The number of likely N-dealkylation sites (tertiary alicyclic amines) is 1. The second-order valence-corrected chi connectivity index (χ2v) is 8.15. The topological polar surface area (TPSA) is 85.4 Å². The Balaban J connectivity index is 1.80. The number of likely N-dealkylation sites (N-methyl/N-ethyl adjacent to an activating group) is 2. The minimum absolute atomic E-state index is 0.0715. The van der Waals surface area contributed by atoms with Crippen LogP contribution in [-0.2, 0) is 26.2 Å². The largest absolute Gasteiger partial charge is 0.496 e. The van der Waals surface area contributed by atoms with Gasteiger partial charge in [0.05, 0.1) is 26.7 Å². The second kappa shape index (κ2) is 9.94. The smallest absolute Gasteiger partial charge is 0.240 e. The predicted octanol–water partition coefficient (Wildman–Crippen LogP) is 2.43. The van der Waals surface area contributed by atoms with E-state index < -0.39 is 11.3 Å². The minimum atomic E-state index is -1.28. The van der Waals surface area contributed by atoms with Crippen molar-refractivity contribution < 1.29 is 28.6 Å². The van der Waals surface area contributed by atoms with Gasteiger partial charge in [0.25, 0.3) is 0 Å². The van der Waals surface area contributed by atoms with E-state index in [1.165, 1.54) is 14.2 Å². The average Bonchev–Trinajstić information content (AvgIpc) is 3.05. The van der Waals surface area contributed by atoms with E-state index in [0.29, 0.717) is 35.8 Å². The van der Waals surface area contributed by atoms with Crippen molar-refractivity contribution >= 4 is 17.7 Å². The molecule has 0 aromatic heterocycles. The highest BCUT2D eigenvalue weighted by atomic mass is 16.5. The van der Waals surface area contributed by atoms with E-state index in [2.05, 4.69) is 0 Å². The maximum Gasteiger partial charge on any atom is 0.240 e. The number of ether oxygens (including phenoxy) is 3. The molecule has 0 bridgehead atoms. The summed E-state index contributed by atoms with van der Waals surface area (Å²) in [6.07, 6.45) is 0.402. The summed E-state index contributed by atoms with van der Waals surface area (Å²) in [5.41, 5.74) is 0.253. The molecule has 2 aromatic rings. The maximum absolute atomic E-state index is 13.2. The van der Waals surface area contributed by atoms with E-state index in [-0.39, 0.29) is 24.7 Å². The molecule has 176 valence electrons. The number of nitrogens with zero attached hydrogens (tertiary/aromatic N) is 2. The average molecular weight is 455 g/mol. The monoisotopic (exact) mass is 454 g/mol. The molecule has 0 N–H and O–H groups in total. The lowest BCUT2D eigenvalue weighted by molar-refractivity contribution is -0.141. The fraction of sp³-hybridized carbons (Fsp3) is 0.400. The van der Waals surface area contributed by atoms with Crippen LogP contribution in [0.4, 0.5) is 0 Å². The summed E-state index contributed by atoms with van der Waals surface area (Å²) in [6.45, 7) is 0.439. The van der Waals surface area contributed by atoms with Crippen LogP contribution < -0.4 is 14.2 Å². The van der Waals surface area contributed by atoms with Crippen molar-refractivity contribution in [1.29, 1.82) is 0 Å². The number of rotatable bonds is 9. The van der Waals surface area contributed by atoms with Gasteiger partial charge >= 0.3 is 0 Å². The summed E-state index contributed by atoms with van der Waals surface area (Å²) in [5, 5.41) is 0. The molecule has 33 heavy (non-hydrogen) atoms. The second-order valence-electron chi connectivity index (χ2n) is 8.15. The van der Waals surface area contributed by atoms with Gasteiger partial charge in [0.15, 0.2) is 11.5 Å². The number of para-hydroxylation sites is 1. The number of carbonyl (C=O) groups excluding carboxylic acids is 3. The van der Waals surface area contributed by atoms with Crippen LogP contribution in [0, 0.1) is 0 Å². The first-order valence-electron chi connectivity index (χ1n) is 10.7. The van der Waals surface area contributed by atoms with Crippen LogP contribution in [0.15, 0.2) is 42.5 Å². The zero-order valence-electron chi connectivity index (χ0n) is 19.7. The van der Waals surface area contributed by atoms with Crippen LogP contribution in [0.1, 0.15) is 24.0 Å². The molecule has 0 aliphatic carbocycles. The summed E-state index contributed by atoms with van der Waals surface area (Å²) in [6, 6.07) is 12.7. The fourth-order valence-electron chi connectivity index (χ4n) is 4.22. The number of benzene rings is 2. The van der Waals surface area contributed by atoms with Crippen LogP contribution in [0.5, 0.6) is 17.2 Å². The number of hydrogen-bond donors (Lipinski definition) is 0. The normalized spacial score (nSPS) is 17.8. The van der Waals surface area contributed by atoms with Gasteiger partial charge in [0.2, 0.25) is 17.7 Å². The van der Waals surface area contributed by atoms with Crippen LogP contribution in [0.25, 0.3) is 0 Å². The Morgan fingerprint density at radius 3 is 2.27 bits per heavy atom. The number of hydrogen-bond acceptors (Lipinski definition) is 6. The molecule has 8 heteroatoms. The van der Waals surface area contributed by atoms with Crippen LogP contribution >= 0.6 is 0 Å². The van der Waals surface area contributed by atoms with Crippen LogP contribution in [-0.4, -0.2) is 69.5 Å². The fourth-order valence-corrected chi connectivity index (χ4v) is 4.22. The number of methoxy groups -OCH3 is 3. The molecule has 1 unspecified atom stereocenters. The number of carbonyl (C=O) groups is 3. The van der Waals surface area contributed by atoms with E-state index in [0.717, 1.165) is 10.5 Å².